The number of para-hydroxylation sites is 1. The predicted molar refractivity (Wildman–Crippen MR) is 168 cm³/mol. The zero-order valence-corrected chi connectivity index (χ0v) is 24.0. The molecule has 3 fully saturated rings. The van der Waals surface area contributed by atoms with E-state index in [4.69, 9.17) is 32.8 Å². The predicted octanol–water partition coefficient (Wildman–Crippen LogP) is 7.41. The standard InChI is InChI=1S/C37H30O7/c1-2-6-30-28(5-1)32-15-24(39-17-26-19-41-26)13-14-29(32)35-34(22-9-11-23(12-10-22)38-16-25-18-40-25)37(44-36(30)35)31-7-3-4-8-33(31)43-21-27-20-42-27/h1-15,25-27H,16-21H2. The van der Waals surface area contributed by atoms with Crippen molar-refractivity contribution in [3.63, 3.8) is 0 Å². The van der Waals surface area contributed by atoms with Crippen LogP contribution in [0.2, 0.25) is 0 Å². The summed E-state index contributed by atoms with van der Waals surface area (Å²) in [6, 6.07) is 31.0. The van der Waals surface area contributed by atoms with E-state index in [2.05, 4.69) is 54.6 Å². The molecule has 3 aliphatic heterocycles. The van der Waals surface area contributed by atoms with Crippen molar-refractivity contribution >= 4 is 32.5 Å². The van der Waals surface area contributed by atoms with Crippen molar-refractivity contribution in [2.24, 2.45) is 0 Å². The molecule has 0 aliphatic carbocycles. The van der Waals surface area contributed by atoms with E-state index < -0.39 is 0 Å². The monoisotopic (exact) mass is 586 g/mol. The Labute approximate surface area is 253 Å². The first-order valence-corrected chi connectivity index (χ1v) is 15.1. The molecule has 7 nitrogen and oxygen atoms in total. The fourth-order valence-corrected chi connectivity index (χ4v) is 5.86. The number of hydrogen-bond donors (Lipinski definition) is 0. The van der Waals surface area contributed by atoms with Gasteiger partial charge in [0.2, 0.25) is 0 Å². The lowest BCUT2D eigenvalue weighted by Gasteiger charge is -2.12. The largest absolute Gasteiger partial charge is 0.491 e. The number of rotatable bonds is 11. The molecule has 0 N–H and O–H groups in total. The molecule has 0 radical (unpaired) electrons. The highest BCUT2D eigenvalue weighted by Gasteiger charge is 2.28. The van der Waals surface area contributed by atoms with E-state index in [0.29, 0.717) is 19.8 Å². The van der Waals surface area contributed by atoms with Gasteiger partial charge in [-0.05, 0) is 64.2 Å². The molecule has 44 heavy (non-hydrogen) atoms. The summed E-state index contributed by atoms with van der Waals surface area (Å²) < 4.78 is 41.4. The van der Waals surface area contributed by atoms with Crippen molar-refractivity contribution in [1.29, 1.82) is 0 Å². The Morgan fingerprint density at radius 2 is 1.18 bits per heavy atom. The second-order valence-electron chi connectivity index (χ2n) is 11.6. The first kappa shape index (κ1) is 25.9. The molecule has 5 aromatic carbocycles. The highest BCUT2D eigenvalue weighted by atomic mass is 16.6. The third-order valence-corrected chi connectivity index (χ3v) is 8.41. The van der Waals surface area contributed by atoms with Crippen molar-refractivity contribution in [3.05, 3.63) is 91.0 Å². The zero-order valence-electron chi connectivity index (χ0n) is 24.0. The van der Waals surface area contributed by atoms with Crippen molar-refractivity contribution < 1.29 is 32.8 Å². The molecule has 3 saturated heterocycles. The third kappa shape index (κ3) is 4.93. The fourth-order valence-electron chi connectivity index (χ4n) is 5.86. The summed E-state index contributed by atoms with van der Waals surface area (Å²) in [5.74, 6) is 3.16. The SMILES string of the molecule is c1ccc(-c2oc3c4ccccc4c4cc(OCC5CO5)ccc4c3c2-c2ccc(OCC3CO3)cc2)c(OCC2CO2)c1. The maximum Gasteiger partial charge on any atom is 0.147 e. The van der Waals surface area contributed by atoms with Gasteiger partial charge in [0.15, 0.2) is 0 Å². The summed E-state index contributed by atoms with van der Waals surface area (Å²) in [6.45, 7) is 3.87. The average molecular weight is 587 g/mol. The van der Waals surface area contributed by atoms with Crippen molar-refractivity contribution in [2.75, 3.05) is 39.6 Å². The molecule has 0 bridgehead atoms. The summed E-state index contributed by atoms with van der Waals surface area (Å²) in [7, 11) is 0. The maximum atomic E-state index is 6.95. The number of ether oxygens (including phenoxy) is 6. The van der Waals surface area contributed by atoms with Crippen LogP contribution in [-0.4, -0.2) is 58.0 Å². The first-order valence-electron chi connectivity index (χ1n) is 15.1. The van der Waals surface area contributed by atoms with Gasteiger partial charge < -0.3 is 32.8 Å². The van der Waals surface area contributed by atoms with Crippen LogP contribution in [0.3, 0.4) is 0 Å². The van der Waals surface area contributed by atoms with Crippen LogP contribution in [0.25, 0.3) is 55.0 Å². The average Bonchev–Trinajstić information content (AvgIpc) is 3.94. The van der Waals surface area contributed by atoms with Crippen LogP contribution in [-0.2, 0) is 14.2 Å². The zero-order chi connectivity index (χ0) is 29.0. The molecule has 3 aliphatic rings. The Bertz CT molecular complexity index is 2000. The van der Waals surface area contributed by atoms with Gasteiger partial charge in [0, 0.05) is 16.3 Å². The summed E-state index contributed by atoms with van der Waals surface area (Å²) in [6.07, 6.45) is 0.523. The minimum atomic E-state index is 0.141. The number of furan rings is 1. The van der Waals surface area contributed by atoms with Gasteiger partial charge in [-0.15, -0.1) is 0 Å². The van der Waals surface area contributed by atoms with Crippen LogP contribution in [0.15, 0.2) is 95.4 Å². The van der Waals surface area contributed by atoms with E-state index in [9.17, 15) is 0 Å². The normalized spacial score (nSPS) is 20.2. The highest BCUT2D eigenvalue weighted by molar-refractivity contribution is 6.28. The molecule has 6 aromatic rings. The Morgan fingerprint density at radius 1 is 0.568 bits per heavy atom. The van der Waals surface area contributed by atoms with E-state index >= 15 is 0 Å². The van der Waals surface area contributed by atoms with Gasteiger partial charge in [-0.3, -0.25) is 0 Å². The minimum Gasteiger partial charge on any atom is -0.491 e. The minimum absolute atomic E-state index is 0.141. The molecule has 0 amide bonds. The van der Waals surface area contributed by atoms with Gasteiger partial charge in [-0.2, -0.15) is 0 Å². The summed E-state index contributed by atoms with van der Waals surface area (Å²) in [4.78, 5) is 0. The van der Waals surface area contributed by atoms with E-state index in [0.717, 1.165) is 92.0 Å². The summed E-state index contributed by atoms with van der Waals surface area (Å²) in [5.41, 5.74) is 3.76. The maximum absolute atomic E-state index is 6.95. The lowest BCUT2D eigenvalue weighted by molar-refractivity contribution is 0.263. The smallest absolute Gasteiger partial charge is 0.147 e. The lowest BCUT2D eigenvalue weighted by Crippen LogP contribution is -2.04. The molecule has 0 saturated carbocycles. The molecule has 7 heteroatoms. The van der Waals surface area contributed by atoms with Crippen LogP contribution in [0.1, 0.15) is 0 Å². The Kier molecular flexibility index (Phi) is 6.21. The van der Waals surface area contributed by atoms with Crippen molar-refractivity contribution in [2.45, 2.75) is 18.3 Å². The van der Waals surface area contributed by atoms with E-state index in [1.807, 2.05) is 36.4 Å². The number of epoxide rings is 3. The first-order chi connectivity index (χ1) is 21.8. The topological polar surface area (TPSA) is 78.4 Å². The van der Waals surface area contributed by atoms with Crippen molar-refractivity contribution in [3.8, 4) is 39.7 Å². The van der Waals surface area contributed by atoms with E-state index in [1.165, 1.54) is 0 Å². The van der Waals surface area contributed by atoms with Gasteiger partial charge in [0.1, 0.15) is 66.7 Å². The second-order valence-corrected chi connectivity index (χ2v) is 11.6. The van der Waals surface area contributed by atoms with E-state index in [-0.39, 0.29) is 18.3 Å². The Morgan fingerprint density at radius 3 is 1.91 bits per heavy atom. The summed E-state index contributed by atoms with van der Waals surface area (Å²) in [5, 5.41) is 5.40. The quantitative estimate of drug-likeness (QED) is 0.116. The molecule has 1 aromatic heterocycles. The van der Waals surface area contributed by atoms with Gasteiger partial charge in [-0.25, -0.2) is 0 Å². The Hall–Kier alpha value is -4.56. The number of benzene rings is 5. The summed E-state index contributed by atoms with van der Waals surface area (Å²) >= 11 is 0. The van der Waals surface area contributed by atoms with Crippen LogP contribution in [0.4, 0.5) is 0 Å². The molecule has 220 valence electrons. The molecule has 4 heterocycles. The van der Waals surface area contributed by atoms with Crippen molar-refractivity contribution in [1.82, 2.24) is 0 Å². The number of hydrogen-bond acceptors (Lipinski definition) is 7. The van der Waals surface area contributed by atoms with Crippen LogP contribution >= 0.6 is 0 Å². The molecular weight excluding hydrogens is 556 g/mol. The van der Waals surface area contributed by atoms with Gasteiger partial charge in [0.25, 0.3) is 0 Å². The number of fused-ring (bicyclic) bond motifs is 6. The van der Waals surface area contributed by atoms with Crippen LogP contribution in [0.5, 0.6) is 17.2 Å². The second kappa shape index (κ2) is 10.6. The molecule has 9 rings (SSSR count). The molecular formula is C37H30O7. The third-order valence-electron chi connectivity index (χ3n) is 8.41. The lowest BCUT2D eigenvalue weighted by atomic mass is 9.92. The molecule has 0 spiro atoms. The fraction of sp³-hybridized carbons (Fsp3) is 0.243. The Balaban J connectivity index is 1.26. The molecule has 3 unspecified atom stereocenters. The van der Waals surface area contributed by atoms with Gasteiger partial charge in [0.05, 0.1) is 25.4 Å². The van der Waals surface area contributed by atoms with Gasteiger partial charge in [-0.1, -0.05) is 48.5 Å². The molecule has 3 atom stereocenters. The highest BCUT2D eigenvalue weighted by Crippen LogP contribution is 2.49. The van der Waals surface area contributed by atoms with Crippen LogP contribution in [0, 0.1) is 0 Å². The van der Waals surface area contributed by atoms with E-state index in [1.54, 1.807) is 0 Å². The van der Waals surface area contributed by atoms with Crippen LogP contribution < -0.4 is 14.2 Å². The van der Waals surface area contributed by atoms with Gasteiger partial charge >= 0.3 is 0 Å².